The van der Waals surface area contributed by atoms with Gasteiger partial charge in [0.15, 0.2) is 0 Å². The molecule has 0 saturated carbocycles. The van der Waals surface area contributed by atoms with Crippen LogP contribution in [0.4, 0.5) is 5.69 Å². The molecule has 1 N–H and O–H groups in total. The molecule has 0 aliphatic heterocycles. The summed E-state index contributed by atoms with van der Waals surface area (Å²) >= 11 is 1.67. The minimum Gasteiger partial charge on any atom is -0.497 e. The number of rotatable bonds is 6. The first-order valence-corrected chi connectivity index (χ1v) is 11.0. The number of nitrogens with zero attached hydrogens (tertiary/aromatic N) is 1. The van der Waals surface area contributed by atoms with E-state index in [-0.39, 0.29) is 5.91 Å². The molecular weight excluding hydrogens is 420 g/mol. The maximum atomic E-state index is 12.6. The summed E-state index contributed by atoms with van der Waals surface area (Å²) in [5.74, 6) is 1.15. The summed E-state index contributed by atoms with van der Waals surface area (Å²) in [6, 6.07) is 19.5. The van der Waals surface area contributed by atoms with E-state index in [0.29, 0.717) is 11.5 Å². The van der Waals surface area contributed by atoms with Gasteiger partial charge in [0.05, 0.1) is 24.4 Å². The van der Waals surface area contributed by atoms with E-state index in [0.717, 1.165) is 32.9 Å². The Hall–Kier alpha value is -3.64. The van der Waals surface area contributed by atoms with Crippen LogP contribution in [-0.4, -0.2) is 25.1 Å². The topological polar surface area (TPSA) is 60.5 Å². The summed E-state index contributed by atoms with van der Waals surface area (Å²) in [6.07, 6.45) is 1.56. The molecule has 0 saturated heterocycles. The van der Waals surface area contributed by atoms with Gasteiger partial charge in [0.1, 0.15) is 16.5 Å². The van der Waals surface area contributed by atoms with Gasteiger partial charge < -0.3 is 14.8 Å². The molecule has 162 valence electrons. The molecule has 0 aliphatic carbocycles. The summed E-state index contributed by atoms with van der Waals surface area (Å²) in [7, 11) is 3.20. The van der Waals surface area contributed by atoms with E-state index in [1.54, 1.807) is 37.7 Å². The third-order valence-electron chi connectivity index (χ3n) is 5.12. The van der Waals surface area contributed by atoms with Crippen LogP contribution in [0.15, 0.2) is 66.7 Å². The Kier molecular flexibility index (Phi) is 6.23. The number of carbonyl (C=O) groups is 1. The zero-order valence-corrected chi connectivity index (χ0v) is 19.2. The van der Waals surface area contributed by atoms with Gasteiger partial charge in [-0.25, -0.2) is 4.98 Å². The quantitative estimate of drug-likeness (QED) is 0.353. The summed E-state index contributed by atoms with van der Waals surface area (Å²) in [5.41, 5.74) is 5.61. The number of fused-ring (bicyclic) bond motifs is 1. The largest absolute Gasteiger partial charge is 0.497 e. The third-order valence-corrected chi connectivity index (χ3v) is 6.19. The lowest BCUT2D eigenvalue weighted by molar-refractivity contribution is -0.111. The molecule has 0 fully saturated rings. The highest BCUT2D eigenvalue weighted by molar-refractivity contribution is 7.21. The Morgan fingerprint density at radius 3 is 2.50 bits per heavy atom. The third kappa shape index (κ3) is 4.65. The number of aromatic nitrogens is 1. The molecule has 32 heavy (non-hydrogen) atoms. The predicted molar refractivity (Wildman–Crippen MR) is 132 cm³/mol. The SMILES string of the molecule is COc1ccc(/C(C)=C/C(=O)Nc2ccc(-c3nc4ccc(C)cc4s3)cc2)c(OC)c1. The second-order valence-corrected chi connectivity index (χ2v) is 8.48. The van der Waals surface area contributed by atoms with Crippen molar-refractivity contribution in [1.82, 2.24) is 4.98 Å². The highest BCUT2D eigenvalue weighted by Crippen LogP contribution is 2.32. The number of ether oxygens (including phenoxy) is 2. The van der Waals surface area contributed by atoms with Crippen LogP contribution < -0.4 is 14.8 Å². The number of methoxy groups -OCH3 is 2. The van der Waals surface area contributed by atoms with Crippen molar-refractivity contribution in [3.05, 3.63) is 77.9 Å². The second kappa shape index (κ2) is 9.24. The maximum Gasteiger partial charge on any atom is 0.248 e. The van der Waals surface area contributed by atoms with Gasteiger partial charge in [-0.2, -0.15) is 0 Å². The standard InChI is InChI=1S/C26H24N2O3S/c1-16-5-12-22-24(13-16)32-26(28-22)18-6-8-19(9-7-18)27-25(29)14-17(2)21-11-10-20(30-3)15-23(21)31-4/h5-15H,1-4H3,(H,27,29)/b17-14+. The molecule has 6 heteroatoms. The second-order valence-electron chi connectivity index (χ2n) is 7.45. The van der Waals surface area contributed by atoms with E-state index < -0.39 is 0 Å². The van der Waals surface area contributed by atoms with Crippen molar-refractivity contribution >= 4 is 38.7 Å². The average Bonchev–Trinajstić information content (AvgIpc) is 3.22. The molecule has 0 spiro atoms. The van der Waals surface area contributed by atoms with Gasteiger partial charge >= 0.3 is 0 Å². The zero-order chi connectivity index (χ0) is 22.7. The number of amides is 1. The predicted octanol–water partition coefficient (Wildman–Crippen LogP) is 6.33. The van der Waals surface area contributed by atoms with Crippen LogP contribution in [0, 0.1) is 6.92 Å². The Balaban J connectivity index is 1.48. The first-order chi connectivity index (χ1) is 15.5. The van der Waals surface area contributed by atoms with Crippen molar-refractivity contribution in [2.75, 3.05) is 19.5 Å². The van der Waals surface area contributed by atoms with Crippen molar-refractivity contribution in [3.63, 3.8) is 0 Å². The molecule has 0 radical (unpaired) electrons. The van der Waals surface area contributed by atoms with Crippen molar-refractivity contribution in [2.24, 2.45) is 0 Å². The van der Waals surface area contributed by atoms with Crippen LogP contribution in [0.3, 0.4) is 0 Å². The monoisotopic (exact) mass is 444 g/mol. The van der Waals surface area contributed by atoms with Gasteiger partial charge in [-0.3, -0.25) is 4.79 Å². The highest BCUT2D eigenvalue weighted by atomic mass is 32.1. The fourth-order valence-corrected chi connectivity index (χ4v) is 4.50. The van der Waals surface area contributed by atoms with Gasteiger partial charge in [-0.05, 0) is 73.5 Å². The van der Waals surface area contributed by atoms with Crippen LogP contribution in [0.2, 0.25) is 0 Å². The summed E-state index contributed by atoms with van der Waals surface area (Å²) in [4.78, 5) is 17.3. The number of allylic oxidation sites excluding steroid dienone is 1. The lowest BCUT2D eigenvalue weighted by Gasteiger charge is -2.11. The Morgan fingerprint density at radius 2 is 1.78 bits per heavy atom. The molecule has 1 aromatic heterocycles. The lowest BCUT2D eigenvalue weighted by atomic mass is 10.1. The molecule has 0 unspecified atom stereocenters. The molecule has 0 aliphatic rings. The van der Waals surface area contributed by atoms with E-state index in [1.807, 2.05) is 49.4 Å². The fraction of sp³-hybridized carbons (Fsp3) is 0.154. The van der Waals surface area contributed by atoms with E-state index in [4.69, 9.17) is 14.5 Å². The summed E-state index contributed by atoms with van der Waals surface area (Å²) in [6.45, 7) is 3.96. The number of hydrogen-bond donors (Lipinski definition) is 1. The van der Waals surface area contributed by atoms with Crippen molar-refractivity contribution in [1.29, 1.82) is 0 Å². The lowest BCUT2D eigenvalue weighted by Crippen LogP contribution is -2.08. The number of anilines is 1. The molecule has 4 rings (SSSR count). The van der Waals surface area contributed by atoms with Crippen LogP contribution in [-0.2, 0) is 4.79 Å². The number of hydrogen-bond acceptors (Lipinski definition) is 5. The van der Waals surface area contributed by atoms with Crippen molar-refractivity contribution in [2.45, 2.75) is 13.8 Å². The van der Waals surface area contributed by atoms with Gasteiger partial charge in [0, 0.05) is 29.0 Å². The fourth-order valence-electron chi connectivity index (χ4n) is 3.43. The van der Waals surface area contributed by atoms with Crippen molar-refractivity contribution < 1.29 is 14.3 Å². The van der Waals surface area contributed by atoms with E-state index in [9.17, 15) is 4.79 Å². The van der Waals surface area contributed by atoms with Crippen LogP contribution >= 0.6 is 11.3 Å². The Labute approximate surface area is 191 Å². The molecule has 5 nitrogen and oxygen atoms in total. The normalized spacial score (nSPS) is 11.4. The molecule has 4 aromatic rings. The van der Waals surface area contributed by atoms with E-state index in [2.05, 4.69) is 24.4 Å². The maximum absolute atomic E-state index is 12.6. The Morgan fingerprint density at radius 1 is 1.00 bits per heavy atom. The molecule has 0 bridgehead atoms. The number of carbonyl (C=O) groups excluding carboxylic acids is 1. The zero-order valence-electron chi connectivity index (χ0n) is 18.4. The van der Waals surface area contributed by atoms with Gasteiger partial charge in [0.25, 0.3) is 0 Å². The van der Waals surface area contributed by atoms with Crippen LogP contribution in [0.1, 0.15) is 18.1 Å². The first kappa shape index (κ1) is 21.6. The van der Waals surface area contributed by atoms with Gasteiger partial charge in [-0.15, -0.1) is 11.3 Å². The Bertz CT molecular complexity index is 1310. The summed E-state index contributed by atoms with van der Waals surface area (Å²) in [5, 5.41) is 3.88. The number of benzene rings is 3. The smallest absolute Gasteiger partial charge is 0.248 e. The van der Waals surface area contributed by atoms with Gasteiger partial charge in [-0.1, -0.05) is 6.07 Å². The van der Waals surface area contributed by atoms with Crippen LogP contribution in [0.25, 0.3) is 26.4 Å². The minimum absolute atomic E-state index is 0.205. The average molecular weight is 445 g/mol. The molecular formula is C26H24N2O3S. The van der Waals surface area contributed by atoms with Crippen molar-refractivity contribution in [3.8, 4) is 22.1 Å². The molecule has 0 atom stereocenters. The molecule has 1 amide bonds. The van der Waals surface area contributed by atoms with Crippen LogP contribution in [0.5, 0.6) is 11.5 Å². The molecule has 1 heterocycles. The van der Waals surface area contributed by atoms with E-state index >= 15 is 0 Å². The minimum atomic E-state index is -0.205. The summed E-state index contributed by atoms with van der Waals surface area (Å²) < 4.78 is 11.8. The van der Waals surface area contributed by atoms with E-state index in [1.165, 1.54) is 10.3 Å². The highest BCUT2D eigenvalue weighted by Gasteiger charge is 2.10. The first-order valence-electron chi connectivity index (χ1n) is 10.2. The van der Waals surface area contributed by atoms with Gasteiger partial charge in [0.2, 0.25) is 5.91 Å². The number of aryl methyl sites for hydroxylation is 1. The number of nitrogens with one attached hydrogen (secondary N) is 1. The number of thiazole rings is 1. The molecule has 3 aromatic carbocycles.